The Bertz CT molecular complexity index is 1020. The number of carbonyl (C=O) groups is 2. The van der Waals surface area contributed by atoms with Crippen molar-refractivity contribution in [1.29, 1.82) is 0 Å². The lowest BCUT2D eigenvalue weighted by Crippen LogP contribution is -2.44. The lowest BCUT2D eigenvalue weighted by atomic mass is 9.73. The first-order chi connectivity index (χ1) is 16.5. The Kier molecular flexibility index (Phi) is 8.47. The minimum Gasteiger partial charge on any atom is -0.475 e. The second-order valence-corrected chi connectivity index (χ2v) is 8.99. The fourth-order valence-corrected chi connectivity index (χ4v) is 4.41. The number of carbonyl (C=O) groups excluding carboxylic acids is 1. The zero-order valence-electron chi connectivity index (χ0n) is 19.4. The summed E-state index contributed by atoms with van der Waals surface area (Å²) in [6, 6.07) is 6.79. The van der Waals surface area contributed by atoms with Gasteiger partial charge in [0.1, 0.15) is 11.6 Å². The molecule has 8 nitrogen and oxygen atoms in total. The maximum Gasteiger partial charge on any atom is 0.490 e. The van der Waals surface area contributed by atoms with Crippen molar-refractivity contribution in [3.8, 4) is 0 Å². The summed E-state index contributed by atoms with van der Waals surface area (Å²) in [6.07, 6.45) is 0.00233. The number of halogens is 4. The molecule has 1 fully saturated rings. The average molecular weight is 500 g/mol. The van der Waals surface area contributed by atoms with E-state index in [1.54, 1.807) is 0 Å². The third kappa shape index (κ3) is 7.00. The number of piperidine rings is 1. The van der Waals surface area contributed by atoms with Gasteiger partial charge in [-0.15, -0.1) is 10.2 Å². The van der Waals surface area contributed by atoms with Gasteiger partial charge in [-0.1, -0.05) is 19.1 Å². The van der Waals surface area contributed by atoms with Crippen molar-refractivity contribution in [3.63, 3.8) is 0 Å². The number of hydrogen-bond donors (Lipinski definition) is 2. The molecule has 12 heteroatoms. The van der Waals surface area contributed by atoms with Crippen LogP contribution in [-0.2, 0) is 24.3 Å². The predicted octanol–water partition coefficient (Wildman–Crippen LogP) is 3.42. The van der Waals surface area contributed by atoms with Gasteiger partial charge in [-0.05, 0) is 61.9 Å². The van der Waals surface area contributed by atoms with Gasteiger partial charge in [-0.3, -0.25) is 9.69 Å². The normalized spacial score (nSPS) is 17.3. The SMILES string of the molecule is CCCNC(=O)c1nnc2n1CC1(CC2)CCN(Cc2ccc(F)cc2)CC1.O=C(O)C(F)(F)F. The highest BCUT2D eigenvalue weighted by Gasteiger charge is 2.40. The number of carboxylic acid groups (broad SMARTS) is 1. The zero-order valence-corrected chi connectivity index (χ0v) is 19.4. The molecule has 3 heterocycles. The lowest BCUT2D eigenvalue weighted by molar-refractivity contribution is -0.192. The largest absolute Gasteiger partial charge is 0.490 e. The minimum atomic E-state index is -5.08. The van der Waals surface area contributed by atoms with Crippen LogP contribution >= 0.6 is 0 Å². The molecule has 1 amide bonds. The number of nitrogens with zero attached hydrogens (tertiary/aromatic N) is 4. The van der Waals surface area contributed by atoms with Gasteiger partial charge in [0, 0.05) is 26.1 Å². The Morgan fingerprint density at radius 3 is 2.31 bits per heavy atom. The second-order valence-electron chi connectivity index (χ2n) is 8.99. The average Bonchev–Trinajstić information content (AvgIpc) is 3.23. The van der Waals surface area contributed by atoms with Gasteiger partial charge in [0.2, 0.25) is 5.82 Å². The Morgan fingerprint density at radius 2 is 1.74 bits per heavy atom. The summed E-state index contributed by atoms with van der Waals surface area (Å²) in [4.78, 5) is 23.8. The molecule has 1 saturated heterocycles. The topological polar surface area (TPSA) is 100 Å². The summed E-state index contributed by atoms with van der Waals surface area (Å²) < 4.78 is 46.9. The molecule has 0 bridgehead atoms. The molecule has 0 unspecified atom stereocenters. The third-order valence-corrected chi connectivity index (χ3v) is 6.42. The third-order valence-electron chi connectivity index (χ3n) is 6.42. The molecule has 2 aromatic rings. The van der Waals surface area contributed by atoms with Crippen molar-refractivity contribution in [2.75, 3.05) is 19.6 Å². The Hall–Kier alpha value is -3.02. The molecule has 1 aromatic carbocycles. The second kappa shape index (κ2) is 11.1. The van der Waals surface area contributed by atoms with E-state index in [1.807, 2.05) is 23.6 Å². The molecule has 1 aromatic heterocycles. The van der Waals surface area contributed by atoms with Gasteiger partial charge in [0.25, 0.3) is 5.91 Å². The molecule has 0 aliphatic carbocycles. The fourth-order valence-electron chi connectivity index (χ4n) is 4.41. The van der Waals surface area contributed by atoms with E-state index in [2.05, 4.69) is 20.4 Å². The van der Waals surface area contributed by atoms with E-state index in [9.17, 15) is 22.4 Å². The van der Waals surface area contributed by atoms with Crippen molar-refractivity contribution >= 4 is 11.9 Å². The Labute approximate surface area is 200 Å². The molecule has 2 aliphatic rings. The number of aromatic nitrogens is 3. The Balaban J connectivity index is 0.000000429. The number of amides is 1. The maximum atomic E-state index is 13.1. The van der Waals surface area contributed by atoms with Crippen LogP contribution in [0.5, 0.6) is 0 Å². The quantitative estimate of drug-likeness (QED) is 0.612. The molecule has 2 N–H and O–H groups in total. The predicted molar refractivity (Wildman–Crippen MR) is 118 cm³/mol. The van der Waals surface area contributed by atoms with Crippen LogP contribution in [0.25, 0.3) is 0 Å². The van der Waals surface area contributed by atoms with E-state index < -0.39 is 12.1 Å². The molecule has 0 saturated carbocycles. The summed E-state index contributed by atoms with van der Waals surface area (Å²) >= 11 is 0. The van der Waals surface area contributed by atoms with E-state index in [1.165, 1.54) is 12.1 Å². The molecule has 1 spiro atoms. The number of hydrogen-bond acceptors (Lipinski definition) is 5. The first kappa shape index (κ1) is 26.6. The molecule has 4 rings (SSSR count). The van der Waals surface area contributed by atoms with Crippen LogP contribution in [-0.4, -0.2) is 62.5 Å². The van der Waals surface area contributed by atoms with Gasteiger partial charge in [-0.2, -0.15) is 13.2 Å². The van der Waals surface area contributed by atoms with Crippen LogP contribution in [0.3, 0.4) is 0 Å². The highest BCUT2D eigenvalue weighted by Crippen LogP contribution is 2.41. The molecule has 0 atom stereocenters. The molecular weight excluding hydrogens is 470 g/mol. The van der Waals surface area contributed by atoms with Gasteiger partial charge in [0.15, 0.2) is 0 Å². The minimum absolute atomic E-state index is 0.119. The van der Waals surface area contributed by atoms with Gasteiger partial charge in [-0.25, -0.2) is 9.18 Å². The van der Waals surface area contributed by atoms with Crippen molar-refractivity contribution in [2.45, 2.75) is 58.3 Å². The fraction of sp³-hybridized carbons (Fsp3) is 0.565. The Morgan fingerprint density at radius 1 is 1.11 bits per heavy atom. The number of rotatable bonds is 5. The van der Waals surface area contributed by atoms with Gasteiger partial charge >= 0.3 is 12.1 Å². The van der Waals surface area contributed by atoms with E-state index in [0.717, 1.165) is 69.7 Å². The van der Waals surface area contributed by atoms with E-state index in [0.29, 0.717) is 12.4 Å². The summed E-state index contributed by atoms with van der Waals surface area (Å²) in [5, 5.41) is 18.5. The van der Waals surface area contributed by atoms with E-state index >= 15 is 0 Å². The highest BCUT2D eigenvalue weighted by molar-refractivity contribution is 5.90. The first-order valence-electron chi connectivity index (χ1n) is 11.5. The van der Waals surface area contributed by atoms with Crippen LogP contribution in [0.4, 0.5) is 17.6 Å². The van der Waals surface area contributed by atoms with E-state index in [-0.39, 0.29) is 17.1 Å². The highest BCUT2D eigenvalue weighted by atomic mass is 19.4. The summed E-state index contributed by atoms with van der Waals surface area (Å²) in [7, 11) is 0. The van der Waals surface area contributed by atoms with Crippen LogP contribution in [0.2, 0.25) is 0 Å². The van der Waals surface area contributed by atoms with Crippen molar-refractivity contribution in [2.24, 2.45) is 5.41 Å². The summed E-state index contributed by atoms with van der Waals surface area (Å²) in [5.74, 6) is -1.68. The summed E-state index contributed by atoms with van der Waals surface area (Å²) in [6.45, 7) is 6.42. The van der Waals surface area contributed by atoms with Crippen molar-refractivity contribution in [1.82, 2.24) is 25.0 Å². The van der Waals surface area contributed by atoms with Gasteiger partial charge < -0.3 is 15.0 Å². The van der Waals surface area contributed by atoms with Gasteiger partial charge in [0.05, 0.1) is 0 Å². The van der Waals surface area contributed by atoms with Crippen LogP contribution in [0.15, 0.2) is 24.3 Å². The molecule has 35 heavy (non-hydrogen) atoms. The molecule has 192 valence electrons. The first-order valence-corrected chi connectivity index (χ1v) is 11.5. The number of alkyl halides is 3. The lowest BCUT2D eigenvalue weighted by Gasteiger charge is -2.44. The molecular formula is C23H29F4N5O3. The zero-order chi connectivity index (χ0) is 25.6. The van der Waals surface area contributed by atoms with Crippen molar-refractivity contribution in [3.05, 3.63) is 47.3 Å². The number of likely N-dealkylation sites (tertiary alicyclic amines) is 1. The number of fused-ring (bicyclic) bond motifs is 1. The van der Waals surface area contributed by atoms with Crippen LogP contribution < -0.4 is 5.32 Å². The number of carboxylic acids is 1. The number of nitrogens with one attached hydrogen (secondary N) is 1. The van der Waals surface area contributed by atoms with Crippen molar-refractivity contribution < 1.29 is 32.3 Å². The maximum absolute atomic E-state index is 13.1. The summed E-state index contributed by atoms with van der Waals surface area (Å²) in [5.41, 5.74) is 1.37. The standard InChI is InChI=1S/C21H28FN5O.C2HF3O2/c1-2-11-23-20(28)19-25-24-18-7-8-21(15-27(18)19)9-12-26(13-10-21)14-16-3-5-17(22)6-4-16;3-2(4,5)1(6)7/h3-6H,2,7-15H2,1H3,(H,23,28);(H,6,7). The number of aliphatic carboxylic acids is 1. The molecule has 0 radical (unpaired) electrons. The number of benzene rings is 1. The van der Waals surface area contributed by atoms with Crippen LogP contribution in [0.1, 0.15) is 54.6 Å². The smallest absolute Gasteiger partial charge is 0.475 e. The molecule has 2 aliphatic heterocycles. The number of aryl methyl sites for hydroxylation is 1. The van der Waals surface area contributed by atoms with Crippen LogP contribution in [0, 0.1) is 11.2 Å². The monoisotopic (exact) mass is 499 g/mol. The van der Waals surface area contributed by atoms with E-state index in [4.69, 9.17) is 9.90 Å².